The highest BCUT2D eigenvalue weighted by Crippen LogP contribution is 2.32. The van der Waals surface area contributed by atoms with E-state index >= 15 is 0 Å². The summed E-state index contributed by atoms with van der Waals surface area (Å²) in [6, 6.07) is 0. The summed E-state index contributed by atoms with van der Waals surface area (Å²) < 4.78 is 10.7. The molecule has 1 fully saturated rings. The maximum atomic E-state index is 12.2. The monoisotopic (exact) mass is 229 g/mol. The van der Waals surface area contributed by atoms with E-state index in [9.17, 15) is 4.79 Å². The Morgan fingerprint density at radius 3 is 2.31 bits per heavy atom. The third-order valence-corrected chi connectivity index (χ3v) is 2.81. The average Bonchev–Trinajstić information content (AvgIpc) is 2.17. The van der Waals surface area contributed by atoms with Crippen molar-refractivity contribution in [1.29, 1.82) is 0 Å². The Balaban J connectivity index is 2.72. The number of hydrogen-bond acceptors (Lipinski definition) is 4. The van der Waals surface area contributed by atoms with Gasteiger partial charge in [-0.15, -0.1) is 0 Å². The van der Waals surface area contributed by atoms with Gasteiger partial charge in [0.05, 0.1) is 12.0 Å². The highest BCUT2D eigenvalue weighted by Gasteiger charge is 2.42. The number of esters is 1. The van der Waals surface area contributed by atoms with E-state index in [4.69, 9.17) is 9.47 Å². The van der Waals surface area contributed by atoms with Gasteiger partial charge in [0.2, 0.25) is 0 Å². The lowest BCUT2D eigenvalue weighted by atomic mass is 9.79. The molecule has 1 aliphatic rings. The molecule has 0 radical (unpaired) electrons. The highest BCUT2D eigenvalue weighted by atomic mass is 16.6. The van der Waals surface area contributed by atoms with Crippen LogP contribution in [0.5, 0.6) is 0 Å². The first kappa shape index (κ1) is 13.5. The van der Waals surface area contributed by atoms with Gasteiger partial charge in [-0.05, 0) is 46.7 Å². The molecule has 1 saturated heterocycles. The SMILES string of the molecule is COCC1(C(=O)OC(C)(C)C)CCNCC1. The van der Waals surface area contributed by atoms with Crippen LogP contribution < -0.4 is 5.32 Å². The molecule has 1 N–H and O–H groups in total. The van der Waals surface area contributed by atoms with Crippen LogP contribution in [-0.4, -0.2) is 38.4 Å². The van der Waals surface area contributed by atoms with Crippen molar-refractivity contribution in [3.63, 3.8) is 0 Å². The Kier molecular flexibility index (Phi) is 4.33. The molecule has 4 heteroatoms. The minimum Gasteiger partial charge on any atom is -0.459 e. The van der Waals surface area contributed by atoms with Gasteiger partial charge in [0.1, 0.15) is 5.60 Å². The molecule has 0 amide bonds. The van der Waals surface area contributed by atoms with Crippen LogP contribution in [0.25, 0.3) is 0 Å². The molecule has 1 heterocycles. The van der Waals surface area contributed by atoms with Crippen LogP contribution in [0.3, 0.4) is 0 Å². The molecule has 0 atom stereocenters. The molecule has 0 aromatic rings. The minimum absolute atomic E-state index is 0.122. The molecule has 0 saturated carbocycles. The predicted molar refractivity (Wildman–Crippen MR) is 62.3 cm³/mol. The van der Waals surface area contributed by atoms with E-state index in [-0.39, 0.29) is 5.97 Å². The maximum Gasteiger partial charge on any atom is 0.315 e. The number of carbonyl (C=O) groups excluding carboxylic acids is 1. The molecular weight excluding hydrogens is 206 g/mol. The molecule has 0 unspecified atom stereocenters. The molecule has 16 heavy (non-hydrogen) atoms. The van der Waals surface area contributed by atoms with Crippen molar-refractivity contribution >= 4 is 5.97 Å². The maximum absolute atomic E-state index is 12.2. The van der Waals surface area contributed by atoms with E-state index < -0.39 is 11.0 Å². The smallest absolute Gasteiger partial charge is 0.315 e. The zero-order valence-electron chi connectivity index (χ0n) is 10.8. The predicted octanol–water partition coefficient (Wildman–Crippen LogP) is 1.34. The summed E-state index contributed by atoms with van der Waals surface area (Å²) in [6.07, 6.45) is 1.57. The summed E-state index contributed by atoms with van der Waals surface area (Å²) in [5, 5.41) is 3.25. The molecule has 1 aliphatic heterocycles. The molecule has 0 spiro atoms. The third-order valence-electron chi connectivity index (χ3n) is 2.81. The van der Waals surface area contributed by atoms with E-state index in [2.05, 4.69) is 5.32 Å². The van der Waals surface area contributed by atoms with Crippen LogP contribution in [0.15, 0.2) is 0 Å². The van der Waals surface area contributed by atoms with Gasteiger partial charge >= 0.3 is 5.97 Å². The summed E-state index contributed by atoms with van der Waals surface area (Å²) in [5.74, 6) is -0.122. The first-order valence-corrected chi connectivity index (χ1v) is 5.83. The molecule has 0 bridgehead atoms. The van der Waals surface area contributed by atoms with Crippen LogP contribution in [-0.2, 0) is 14.3 Å². The van der Waals surface area contributed by atoms with Gasteiger partial charge in [-0.1, -0.05) is 0 Å². The van der Waals surface area contributed by atoms with Crippen LogP contribution >= 0.6 is 0 Å². The second-order valence-corrected chi connectivity index (χ2v) is 5.47. The Hall–Kier alpha value is -0.610. The molecule has 0 aromatic carbocycles. The van der Waals surface area contributed by atoms with E-state index in [1.54, 1.807) is 7.11 Å². The van der Waals surface area contributed by atoms with Crippen molar-refractivity contribution in [1.82, 2.24) is 5.32 Å². The van der Waals surface area contributed by atoms with Crippen molar-refractivity contribution in [2.75, 3.05) is 26.8 Å². The normalized spacial score (nSPS) is 20.5. The quantitative estimate of drug-likeness (QED) is 0.742. The summed E-state index contributed by atoms with van der Waals surface area (Å²) in [5.41, 5.74) is -0.879. The van der Waals surface area contributed by atoms with Crippen LogP contribution in [0.2, 0.25) is 0 Å². The minimum atomic E-state index is -0.451. The lowest BCUT2D eigenvalue weighted by Gasteiger charge is -2.36. The number of rotatable bonds is 3. The number of ether oxygens (including phenoxy) is 2. The number of hydrogen-bond donors (Lipinski definition) is 1. The molecule has 4 nitrogen and oxygen atoms in total. The lowest BCUT2D eigenvalue weighted by Crippen LogP contribution is -2.47. The van der Waals surface area contributed by atoms with Gasteiger partial charge in [-0.3, -0.25) is 4.79 Å². The zero-order valence-corrected chi connectivity index (χ0v) is 10.8. The Morgan fingerprint density at radius 2 is 1.88 bits per heavy atom. The van der Waals surface area contributed by atoms with Crippen LogP contribution in [0.1, 0.15) is 33.6 Å². The van der Waals surface area contributed by atoms with Crippen molar-refractivity contribution in [2.24, 2.45) is 5.41 Å². The van der Waals surface area contributed by atoms with E-state index in [1.165, 1.54) is 0 Å². The number of piperidine rings is 1. The average molecular weight is 229 g/mol. The van der Waals surface area contributed by atoms with Crippen LogP contribution in [0, 0.1) is 5.41 Å². The number of methoxy groups -OCH3 is 1. The Morgan fingerprint density at radius 1 is 1.31 bits per heavy atom. The fourth-order valence-electron chi connectivity index (χ4n) is 1.98. The molecular formula is C12H23NO3. The molecule has 0 aromatic heterocycles. The van der Waals surface area contributed by atoms with Crippen molar-refractivity contribution in [2.45, 2.75) is 39.2 Å². The molecule has 94 valence electrons. The second kappa shape index (κ2) is 5.15. The van der Waals surface area contributed by atoms with Crippen molar-refractivity contribution in [3.05, 3.63) is 0 Å². The number of carbonyl (C=O) groups is 1. The fourth-order valence-corrected chi connectivity index (χ4v) is 1.98. The van der Waals surface area contributed by atoms with Gasteiger partial charge in [0, 0.05) is 7.11 Å². The Labute approximate surface area is 97.7 Å². The van der Waals surface area contributed by atoms with Crippen molar-refractivity contribution < 1.29 is 14.3 Å². The second-order valence-electron chi connectivity index (χ2n) is 5.47. The van der Waals surface area contributed by atoms with Gasteiger partial charge < -0.3 is 14.8 Å². The summed E-state index contributed by atoms with van der Waals surface area (Å²) >= 11 is 0. The van der Waals surface area contributed by atoms with E-state index in [1.807, 2.05) is 20.8 Å². The van der Waals surface area contributed by atoms with Gasteiger partial charge in [0.25, 0.3) is 0 Å². The first-order valence-electron chi connectivity index (χ1n) is 5.83. The summed E-state index contributed by atoms with van der Waals surface area (Å²) in [6.45, 7) is 7.83. The first-order chi connectivity index (χ1) is 7.40. The summed E-state index contributed by atoms with van der Waals surface area (Å²) in [7, 11) is 1.63. The van der Waals surface area contributed by atoms with E-state index in [0.717, 1.165) is 25.9 Å². The highest BCUT2D eigenvalue weighted by molar-refractivity contribution is 5.77. The third kappa shape index (κ3) is 3.46. The van der Waals surface area contributed by atoms with Gasteiger partial charge in [-0.25, -0.2) is 0 Å². The van der Waals surface area contributed by atoms with Gasteiger partial charge in [-0.2, -0.15) is 0 Å². The summed E-state index contributed by atoms with van der Waals surface area (Å²) in [4.78, 5) is 12.2. The zero-order chi connectivity index (χ0) is 12.2. The molecule has 0 aliphatic carbocycles. The van der Waals surface area contributed by atoms with Crippen LogP contribution in [0.4, 0.5) is 0 Å². The molecule has 1 rings (SSSR count). The van der Waals surface area contributed by atoms with E-state index in [0.29, 0.717) is 6.61 Å². The fraction of sp³-hybridized carbons (Fsp3) is 0.917. The number of nitrogens with one attached hydrogen (secondary N) is 1. The standard InChI is InChI=1S/C12H23NO3/c1-11(2,3)16-10(14)12(9-15-4)5-7-13-8-6-12/h13H,5-9H2,1-4H3. The topological polar surface area (TPSA) is 47.6 Å². The van der Waals surface area contributed by atoms with Crippen molar-refractivity contribution in [3.8, 4) is 0 Å². The lowest BCUT2D eigenvalue weighted by molar-refractivity contribution is -0.173. The largest absolute Gasteiger partial charge is 0.459 e. The van der Waals surface area contributed by atoms with Gasteiger partial charge in [0.15, 0.2) is 0 Å². The Bertz CT molecular complexity index is 234.